The highest BCUT2D eigenvalue weighted by Crippen LogP contribution is 2.16. The lowest BCUT2D eigenvalue weighted by molar-refractivity contribution is -0.130. The topological polar surface area (TPSA) is 98.7 Å². The van der Waals surface area contributed by atoms with Crippen molar-refractivity contribution in [2.75, 3.05) is 6.54 Å². The Morgan fingerprint density at radius 2 is 2.00 bits per heavy atom. The molecule has 0 aromatic heterocycles. The minimum absolute atomic E-state index is 0.0549. The summed E-state index contributed by atoms with van der Waals surface area (Å²) in [6.45, 7) is 6.75. The summed E-state index contributed by atoms with van der Waals surface area (Å²) in [4.78, 5) is 36.3. The molecule has 7 heteroatoms. The van der Waals surface area contributed by atoms with Crippen LogP contribution in [0.2, 0.25) is 0 Å². The summed E-state index contributed by atoms with van der Waals surface area (Å²) in [5, 5.41) is 14.5. The van der Waals surface area contributed by atoms with Gasteiger partial charge in [-0.05, 0) is 34.1 Å². The Balaban J connectivity index is 2.42. The Morgan fingerprint density at radius 3 is 2.45 bits per heavy atom. The van der Waals surface area contributed by atoms with Crippen molar-refractivity contribution in [2.45, 2.75) is 58.2 Å². The van der Waals surface area contributed by atoms with Crippen LogP contribution in [0.25, 0.3) is 0 Å². The van der Waals surface area contributed by atoms with Gasteiger partial charge >= 0.3 is 6.03 Å². The van der Waals surface area contributed by atoms with Gasteiger partial charge in [0.05, 0.1) is 6.10 Å². The van der Waals surface area contributed by atoms with Crippen LogP contribution >= 0.6 is 0 Å². The maximum absolute atomic E-state index is 11.9. The van der Waals surface area contributed by atoms with Crippen LogP contribution in [0.4, 0.5) is 4.79 Å². The van der Waals surface area contributed by atoms with E-state index in [9.17, 15) is 19.5 Å². The molecule has 1 rings (SSSR count). The van der Waals surface area contributed by atoms with E-state index in [4.69, 9.17) is 0 Å². The number of nitrogens with one attached hydrogen (secondary N) is 2. The number of aliphatic hydroxyl groups is 1. The molecule has 114 valence electrons. The Kier molecular flexibility index (Phi) is 5.10. The zero-order chi connectivity index (χ0) is 15.5. The third kappa shape index (κ3) is 4.19. The summed E-state index contributed by atoms with van der Waals surface area (Å²) in [5.74, 6) is -0.573. The molecular formula is C13H23N3O4. The highest BCUT2D eigenvalue weighted by Gasteiger charge is 2.43. The van der Waals surface area contributed by atoms with Crippen LogP contribution in [0.5, 0.6) is 0 Å². The summed E-state index contributed by atoms with van der Waals surface area (Å²) < 4.78 is 0. The highest BCUT2D eigenvalue weighted by atomic mass is 16.3. The second-order valence-corrected chi connectivity index (χ2v) is 5.82. The van der Waals surface area contributed by atoms with E-state index < -0.39 is 17.7 Å². The molecule has 0 bridgehead atoms. The van der Waals surface area contributed by atoms with Gasteiger partial charge < -0.3 is 15.7 Å². The number of urea groups is 1. The van der Waals surface area contributed by atoms with Gasteiger partial charge in [-0.3, -0.25) is 14.5 Å². The van der Waals surface area contributed by atoms with Crippen LogP contribution in [0, 0.1) is 0 Å². The first-order valence-electron chi connectivity index (χ1n) is 6.75. The van der Waals surface area contributed by atoms with E-state index in [1.54, 1.807) is 27.7 Å². The van der Waals surface area contributed by atoms with Gasteiger partial charge in [-0.2, -0.15) is 0 Å². The summed E-state index contributed by atoms with van der Waals surface area (Å²) in [5.41, 5.74) is -0.910. The van der Waals surface area contributed by atoms with Crippen molar-refractivity contribution in [2.24, 2.45) is 0 Å². The Labute approximate surface area is 118 Å². The van der Waals surface area contributed by atoms with Crippen LogP contribution in [0.3, 0.4) is 0 Å². The fourth-order valence-corrected chi connectivity index (χ4v) is 2.15. The van der Waals surface area contributed by atoms with Crippen LogP contribution < -0.4 is 10.6 Å². The molecule has 4 amide bonds. The number of carbonyl (C=O) groups excluding carboxylic acids is 3. The van der Waals surface area contributed by atoms with Crippen LogP contribution in [-0.4, -0.2) is 52.1 Å². The van der Waals surface area contributed by atoms with Crippen molar-refractivity contribution in [1.29, 1.82) is 0 Å². The normalized spacial score (nSPS) is 20.6. The molecule has 3 N–H and O–H groups in total. The van der Waals surface area contributed by atoms with E-state index in [-0.39, 0.29) is 30.8 Å². The maximum atomic E-state index is 11.9. The predicted molar refractivity (Wildman–Crippen MR) is 72.8 cm³/mol. The summed E-state index contributed by atoms with van der Waals surface area (Å²) in [6, 6.07) is -0.619. The number of rotatable bonds is 6. The molecule has 1 aliphatic rings. The maximum Gasteiger partial charge on any atom is 0.325 e. The molecule has 0 aromatic rings. The first-order valence-corrected chi connectivity index (χ1v) is 6.75. The molecule has 1 heterocycles. The van der Waals surface area contributed by atoms with Gasteiger partial charge in [0, 0.05) is 19.0 Å². The zero-order valence-corrected chi connectivity index (χ0v) is 12.4. The van der Waals surface area contributed by atoms with Gasteiger partial charge in [0.1, 0.15) is 5.54 Å². The van der Waals surface area contributed by atoms with E-state index in [1.165, 1.54) is 0 Å². The van der Waals surface area contributed by atoms with Gasteiger partial charge in [-0.15, -0.1) is 0 Å². The van der Waals surface area contributed by atoms with Crippen molar-refractivity contribution in [1.82, 2.24) is 15.5 Å². The fourth-order valence-electron chi connectivity index (χ4n) is 2.15. The fraction of sp³-hybridized carbons (Fsp3) is 0.769. The number of carbonyl (C=O) groups is 3. The quantitative estimate of drug-likeness (QED) is 0.597. The molecule has 0 radical (unpaired) electrons. The molecule has 1 saturated heterocycles. The number of imide groups is 1. The molecule has 7 nitrogen and oxygen atoms in total. The molecule has 0 saturated carbocycles. The second kappa shape index (κ2) is 6.21. The lowest BCUT2D eigenvalue weighted by Crippen LogP contribution is -2.41. The van der Waals surface area contributed by atoms with E-state index >= 15 is 0 Å². The number of hydrogen-bond donors (Lipinski definition) is 3. The summed E-state index contributed by atoms with van der Waals surface area (Å²) in [7, 11) is 0. The van der Waals surface area contributed by atoms with E-state index in [0.717, 1.165) is 4.90 Å². The highest BCUT2D eigenvalue weighted by molar-refractivity contribution is 6.06. The molecule has 2 unspecified atom stereocenters. The number of amides is 4. The van der Waals surface area contributed by atoms with Gasteiger partial charge in [-0.1, -0.05) is 0 Å². The third-order valence-electron chi connectivity index (χ3n) is 3.11. The minimum Gasteiger partial charge on any atom is -0.393 e. The van der Waals surface area contributed by atoms with E-state index in [2.05, 4.69) is 10.6 Å². The molecule has 0 aliphatic carbocycles. The second-order valence-electron chi connectivity index (χ2n) is 5.82. The van der Waals surface area contributed by atoms with Crippen molar-refractivity contribution >= 4 is 17.8 Å². The van der Waals surface area contributed by atoms with Crippen molar-refractivity contribution in [3.05, 3.63) is 0 Å². The standard InChI is InChI=1S/C13H23N3O4/c1-8(7-9(2)17)14-10(18)5-6-16-11(19)13(3,4)15-12(16)20/h8-9,17H,5-7H2,1-4H3,(H,14,18)(H,15,20). The summed E-state index contributed by atoms with van der Waals surface area (Å²) >= 11 is 0. The van der Waals surface area contributed by atoms with Crippen molar-refractivity contribution < 1.29 is 19.5 Å². The number of aliphatic hydroxyl groups excluding tert-OH is 1. The Bertz CT molecular complexity index is 406. The number of hydrogen-bond acceptors (Lipinski definition) is 4. The first-order chi connectivity index (χ1) is 9.13. The monoisotopic (exact) mass is 285 g/mol. The van der Waals surface area contributed by atoms with Crippen LogP contribution in [0.1, 0.15) is 40.5 Å². The minimum atomic E-state index is -0.910. The smallest absolute Gasteiger partial charge is 0.325 e. The van der Waals surface area contributed by atoms with Crippen molar-refractivity contribution in [3.8, 4) is 0 Å². The molecule has 2 atom stereocenters. The third-order valence-corrected chi connectivity index (χ3v) is 3.11. The van der Waals surface area contributed by atoms with Crippen LogP contribution in [0.15, 0.2) is 0 Å². The van der Waals surface area contributed by atoms with Crippen molar-refractivity contribution in [3.63, 3.8) is 0 Å². The molecular weight excluding hydrogens is 262 g/mol. The lowest BCUT2D eigenvalue weighted by atomic mass is 10.1. The molecule has 1 fully saturated rings. The molecule has 0 aromatic carbocycles. The number of nitrogens with zero attached hydrogens (tertiary/aromatic N) is 1. The molecule has 0 spiro atoms. The van der Waals surface area contributed by atoms with E-state index in [0.29, 0.717) is 6.42 Å². The first kappa shape index (κ1) is 16.4. The zero-order valence-electron chi connectivity index (χ0n) is 12.4. The SMILES string of the molecule is CC(O)CC(C)NC(=O)CCN1C(=O)NC(C)(C)C1=O. The average Bonchev–Trinajstić information content (AvgIpc) is 2.44. The largest absolute Gasteiger partial charge is 0.393 e. The van der Waals surface area contributed by atoms with Gasteiger partial charge in [-0.25, -0.2) is 4.79 Å². The van der Waals surface area contributed by atoms with Gasteiger partial charge in [0.15, 0.2) is 0 Å². The van der Waals surface area contributed by atoms with Gasteiger partial charge in [0.2, 0.25) is 5.91 Å². The predicted octanol–water partition coefficient (Wildman–Crippen LogP) is -0.0175. The van der Waals surface area contributed by atoms with E-state index in [1.807, 2.05) is 0 Å². The molecule has 20 heavy (non-hydrogen) atoms. The van der Waals surface area contributed by atoms with Gasteiger partial charge in [0.25, 0.3) is 5.91 Å². The average molecular weight is 285 g/mol. The molecule has 1 aliphatic heterocycles. The summed E-state index contributed by atoms with van der Waals surface area (Å²) in [6.07, 6.45) is 0.0263. The Hall–Kier alpha value is -1.63. The lowest BCUT2D eigenvalue weighted by Gasteiger charge is -2.18. The van der Waals surface area contributed by atoms with Crippen LogP contribution in [-0.2, 0) is 9.59 Å². The Morgan fingerprint density at radius 1 is 1.40 bits per heavy atom.